The lowest BCUT2D eigenvalue weighted by Gasteiger charge is -2.07. The molecule has 2 aromatic rings. The maximum atomic E-state index is 12.2. The molecule has 0 saturated carbocycles. The minimum atomic E-state index is -4.33. The highest BCUT2D eigenvalue weighted by atomic mass is 19.4. The molecule has 0 fully saturated rings. The van der Waals surface area contributed by atoms with E-state index in [0.29, 0.717) is 5.82 Å². The molecule has 2 rings (SSSR count). The Kier molecular flexibility index (Phi) is 2.22. The van der Waals surface area contributed by atoms with Gasteiger partial charge in [0.1, 0.15) is 5.82 Å². The number of alkyl halides is 3. The summed E-state index contributed by atoms with van der Waals surface area (Å²) in [5.41, 5.74) is -0.738. The zero-order chi connectivity index (χ0) is 10.9. The summed E-state index contributed by atoms with van der Waals surface area (Å²) < 4.78 is 38.3. The van der Waals surface area contributed by atoms with Crippen molar-refractivity contribution < 1.29 is 13.2 Å². The Morgan fingerprint density at radius 1 is 1.07 bits per heavy atom. The minimum absolute atomic E-state index is 0.466. The molecule has 0 saturated heterocycles. The molecule has 0 spiro atoms. The Bertz CT molecular complexity index is 429. The maximum Gasteiger partial charge on any atom is 0.417 e. The van der Waals surface area contributed by atoms with Crippen molar-refractivity contribution in [3.8, 4) is 5.82 Å². The quantitative estimate of drug-likeness (QED) is 0.710. The van der Waals surface area contributed by atoms with E-state index >= 15 is 0 Å². The molecule has 0 aliphatic rings. The van der Waals surface area contributed by atoms with E-state index in [0.717, 1.165) is 12.3 Å². The van der Waals surface area contributed by atoms with Crippen LogP contribution in [0.25, 0.3) is 5.82 Å². The standard InChI is InChI=1S/C10H7F3N2/c11-10(12,13)8-3-4-9(14-7-8)15-5-1-2-6-15/h1-7H. The van der Waals surface area contributed by atoms with Crippen LogP contribution in [0.3, 0.4) is 0 Å². The Morgan fingerprint density at radius 3 is 2.20 bits per heavy atom. The molecule has 5 heteroatoms. The van der Waals surface area contributed by atoms with Crippen molar-refractivity contribution in [3.63, 3.8) is 0 Å². The van der Waals surface area contributed by atoms with Crippen LogP contribution in [0.15, 0.2) is 42.9 Å². The topological polar surface area (TPSA) is 17.8 Å². The maximum absolute atomic E-state index is 12.2. The van der Waals surface area contributed by atoms with Crippen molar-refractivity contribution in [2.75, 3.05) is 0 Å². The molecule has 2 heterocycles. The van der Waals surface area contributed by atoms with Gasteiger partial charge >= 0.3 is 6.18 Å². The van der Waals surface area contributed by atoms with E-state index in [2.05, 4.69) is 4.98 Å². The van der Waals surface area contributed by atoms with E-state index < -0.39 is 11.7 Å². The third kappa shape index (κ3) is 2.01. The molecule has 2 nitrogen and oxygen atoms in total. The first kappa shape index (κ1) is 9.76. The number of aromatic nitrogens is 2. The van der Waals surface area contributed by atoms with Crippen LogP contribution in [0.2, 0.25) is 0 Å². The summed E-state index contributed by atoms with van der Waals surface area (Å²) in [6.07, 6.45) is -0.0667. The fourth-order valence-electron chi connectivity index (χ4n) is 1.19. The first-order valence-corrected chi connectivity index (χ1v) is 4.24. The summed E-state index contributed by atoms with van der Waals surface area (Å²) in [5, 5.41) is 0. The van der Waals surface area contributed by atoms with Crippen LogP contribution in [-0.2, 0) is 6.18 Å². The average molecular weight is 212 g/mol. The summed E-state index contributed by atoms with van der Waals surface area (Å²) in [7, 11) is 0. The van der Waals surface area contributed by atoms with Crippen molar-refractivity contribution in [3.05, 3.63) is 48.4 Å². The van der Waals surface area contributed by atoms with Gasteiger partial charge in [0, 0.05) is 18.6 Å². The Balaban J connectivity index is 2.33. The van der Waals surface area contributed by atoms with Crippen molar-refractivity contribution in [1.29, 1.82) is 0 Å². The Hall–Kier alpha value is -1.78. The van der Waals surface area contributed by atoms with Gasteiger partial charge in [0.2, 0.25) is 0 Å². The van der Waals surface area contributed by atoms with E-state index in [9.17, 15) is 13.2 Å². The highest BCUT2D eigenvalue weighted by Crippen LogP contribution is 2.28. The van der Waals surface area contributed by atoms with Crippen molar-refractivity contribution in [2.24, 2.45) is 0 Å². The monoisotopic (exact) mass is 212 g/mol. The average Bonchev–Trinajstić information content (AvgIpc) is 2.69. The first-order valence-electron chi connectivity index (χ1n) is 4.24. The molecule has 0 unspecified atom stereocenters. The van der Waals surface area contributed by atoms with Gasteiger partial charge < -0.3 is 4.57 Å². The molecule has 0 radical (unpaired) electrons. The largest absolute Gasteiger partial charge is 0.417 e. The molecule has 78 valence electrons. The molecule has 0 atom stereocenters. The lowest BCUT2D eigenvalue weighted by atomic mass is 10.3. The van der Waals surface area contributed by atoms with E-state index in [-0.39, 0.29) is 0 Å². The van der Waals surface area contributed by atoms with Gasteiger partial charge in [-0.25, -0.2) is 4.98 Å². The summed E-state index contributed by atoms with van der Waals surface area (Å²) in [4.78, 5) is 3.73. The van der Waals surface area contributed by atoms with Gasteiger partial charge in [0.25, 0.3) is 0 Å². The summed E-state index contributed by atoms with van der Waals surface area (Å²) >= 11 is 0. The second-order valence-corrected chi connectivity index (χ2v) is 2.99. The number of hydrogen-bond acceptors (Lipinski definition) is 1. The molecule has 0 bridgehead atoms. The zero-order valence-electron chi connectivity index (χ0n) is 7.57. The number of rotatable bonds is 1. The first-order chi connectivity index (χ1) is 7.07. The molecule has 15 heavy (non-hydrogen) atoms. The minimum Gasteiger partial charge on any atom is -0.309 e. The van der Waals surface area contributed by atoms with E-state index in [1.807, 2.05) is 0 Å². The van der Waals surface area contributed by atoms with Crippen LogP contribution in [0, 0.1) is 0 Å². The van der Waals surface area contributed by atoms with Crippen LogP contribution >= 0.6 is 0 Å². The number of halogens is 3. The van der Waals surface area contributed by atoms with Gasteiger partial charge in [0.15, 0.2) is 0 Å². The van der Waals surface area contributed by atoms with E-state index in [1.165, 1.54) is 6.07 Å². The molecule has 0 amide bonds. The van der Waals surface area contributed by atoms with Crippen LogP contribution in [0.1, 0.15) is 5.56 Å². The molecule has 0 aliphatic carbocycles. The second kappa shape index (κ2) is 3.42. The van der Waals surface area contributed by atoms with Gasteiger partial charge in [-0.2, -0.15) is 13.2 Å². The van der Waals surface area contributed by atoms with Gasteiger partial charge in [-0.15, -0.1) is 0 Å². The zero-order valence-corrected chi connectivity index (χ0v) is 7.57. The number of hydrogen-bond donors (Lipinski definition) is 0. The van der Waals surface area contributed by atoms with E-state index in [4.69, 9.17) is 0 Å². The normalized spacial score (nSPS) is 11.7. The Labute approximate surface area is 84.0 Å². The fraction of sp³-hybridized carbons (Fsp3) is 0.100. The predicted molar refractivity (Wildman–Crippen MR) is 48.6 cm³/mol. The van der Waals surface area contributed by atoms with Crippen molar-refractivity contribution >= 4 is 0 Å². The lowest BCUT2D eigenvalue weighted by Crippen LogP contribution is -2.06. The van der Waals surface area contributed by atoms with Crippen LogP contribution in [-0.4, -0.2) is 9.55 Å². The van der Waals surface area contributed by atoms with Crippen molar-refractivity contribution in [1.82, 2.24) is 9.55 Å². The third-order valence-corrected chi connectivity index (χ3v) is 1.94. The molecule has 0 aromatic carbocycles. The molecule has 0 aliphatic heterocycles. The third-order valence-electron chi connectivity index (χ3n) is 1.94. The molecular formula is C10H7F3N2. The van der Waals surface area contributed by atoms with Crippen molar-refractivity contribution in [2.45, 2.75) is 6.18 Å². The smallest absolute Gasteiger partial charge is 0.309 e. The van der Waals surface area contributed by atoms with Gasteiger partial charge in [0.05, 0.1) is 5.56 Å². The fourth-order valence-corrected chi connectivity index (χ4v) is 1.19. The SMILES string of the molecule is FC(F)(F)c1ccc(-n2cccc2)nc1. The second-order valence-electron chi connectivity index (χ2n) is 2.99. The predicted octanol–water partition coefficient (Wildman–Crippen LogP) is 2.89. The van der Waals surface area contributed by atoms with Gasteiger partial charge in [-0.1, -0.05) is 0 Å². The van der Waals surface area contributed by atoms with E-state index in [1.54, 1.807) is 29.1 Å². The van der Waals surface area contributed by atoms with Crippen LogP contribution in [0.5, 0.6) is 0 Å². The summed E-state index contributed by atoms with van der Waals surface area (Å²) in [6, 6.07) is 5.91. The Morgan fingerprint density at radius 2 is 1.73 bits per heavy atom. The number of nitrogens with zero attached hydrogens (tertiary/aromatic N) is 2. The summed E-state index contributed by atoms with van der Waals surface area (Å²) in [6.45, 7) is 0. The highest BCUT2D eigenvalue weighted by molar-refractivity contribution is 5.27. The van der Waals surface area contributed by atoms with Gasteiger partial charge in [-0.05, 0) is 24.3 Å². The molecular weight excluding hydrogens is 205 g/mol. The van der Waals surface area contributed by atoms with Gasteiger partial charge in [-0.3, -0.25) is 0 Å². The highest BCUT2D eigenvalue weighted by Gasteiger charge is 2.30. The molecule has 0 N–H and O–H groups in total. The van der Waals surface area contributed by atoms with Crippen LogP contribution < -0.4 is 0 Å². The molecule has 2 aromatic heterocycles. The van der Waals surface area contributed by atoms with Crippen LogP contribution in [0.4, 0.5) is 13.2 Å². The lowest BCUT2D eigenvalue weighted by molar-refractivity contribution is -0.137. The number of pyridine rings is 1. The summed E-state index contributed by atoms with van der Waals surface area (Å²) in [5.74, 6) is 0.466.